The van der Waals surface area contributed by atoms with E-state index in [0.29, 0.717) is 13.2 Å². The average Bonchev–Trinajstić information content (AvgIpc) is 2.81. The predicted molar refractivity (Wildman–Crippen MR) is 123 cm³/mol. The Morgan fingerprint density at radius 3 is 1.77 bits per heavy atom. The first-order chi connectivity index (χ1) is 15.2. The lowest BCUT2D eigenvalue weighted by molar-refractivity contribution is -0.228. The molecule has 1 aliphatic rings. The van der Waals surface area contributed by atoms with E-state index in [-0.39, 0.29) is 11.5 Å². The van der Waals surface area contributed by atoms with Crippen molar-refractivity contribution in [2.45, 2.75) is 54.9 Å². The molecule has 31 heavy (non-hydrogen) atoms. The van der Waals surface area contributed by atoms with E-state index in [1.54, 1.807) is 11.8 Å². The lowest BCUT2D eigenvalue weighted by atomic mass is 10.00. The van der Waals surface area contributed by atoms with Gasteiger partial charge in [0.05, 0.1) is 19.3 Å². The Morgan fingerprint density at radius 1 is 0.742 bits per heavy atom. The molecule has 0 radical (unpaired) electrons. The van der Waals surface area contributed by atoms with Gasteiger partial charge in [-0.2, -0.15) is 0 Å². The minimum Gasteiger partial charge on any atom is -0.388 e. The van der Waals surface area contributed by atoms with Crippen molar-refractivity contribution in [3.8, 4) is 0 Å². The van der Waals surface area contributed by atoms with Crippen LogP contribution in [0.1, 0.15) is 18.1 Å². The molecule has 4 nitrogen and oxygen atoms in total. The Morgan fingerprint density at radius 2 is 1.23 bits per heavy atom. The van der Waals surface area contributed by atoms with Crippen LogP contribution in [0, 0.1) is 0 Å². The maximum Gasteiger partial charge on any atom is 0.136 e. The Bertz CT molecular complexity index is 906. The van der Waals surface area contributed by atoms with Crippen LogP contribution < -0.4 is 0 Å². The molecule has 0 aromatic heterocycles. The van der Waals surface area contributed by atoms with Crippen LogP contribution >= 0.6 is 11.8 Å². The monoisotopic (exact) mass is 436 g/mol. The van der Waals surface area contributed by atoms with Crippen molar-refractivity contribution in [3.05, 3.63) is 102 Å². The Balaban J connectivity index is 1.54. The van der Waals surface area contributed by atoms with Gasteiger partial charge < -0.3 is 19.3 Å². The zero-order valence-corrected chi connectivity index (χ0v) is 18.4. The fourth-order valence-electron chi connectivity index (χ4n) is 3.61. The van der Waals surface area contributed by atoms with E-state index in [2.05, 4.69) is 12.1 Å². The molecule has 1 N–H and O–H groups in total. The van der Waals surface area contributed by atoms with E-state index in [4.69, 9.17) is 14.2 Å². The number of hydrogen-bond acceptors (Lipinski definition) is 5. The summed E-state index contributed by atoms with van der Waals surface area (Å²) in [5.41, 5.74) is 1.83. The first kappa shape index (κ1) is 22.1. The second kappa shape index (κ2) is 10.9. The fourth-order valence-corrected chi connectivity index (χ4v) is 4.79. The van der Waals surface area contributed by atoms with Gasteiger partial charge in [-0.3, -0.25) is 0 Å². The van der Waals surface area contributed by atoms with E-state index in [0.717, 1.165) is 16.0 Å². The van der Waals surface area contributed by atoms with Crippen molar-refractivity contribution in [1.82, 2.24) is 0 Å². The van der Waals surface area contributed by atoms with Crippen molar-refractivity contribution < 1.29 is 19.3 Å². The predicted octanol–water partition coefficient (Wildman–Crippen LogP) is 5.06. The summed E-state index contributed by atoms with van der Waals surface area (Å²) in [4.78, 5) is 1.09. The van der Waals surface area contributed by atoms with Gasteiger partial charge in [0.15, 0.2) is 0 Å². The van der Waals surface area contributed by atoms with Gasteiger partial charge in [0.1, 0.15) is 23.7 Å². The van der Waals surface area contributed by atoms with Gasteiger partial charge in [-0.15, -0.1) is 0 Å². The molecule has 0 spiro atoms. The van der Waals surface area contributed by atoms with E-state index in [1.165, 1.54) is 0 Å². The van der Waals surface area contributed by atoms with Crippen LogP contribution in [0.5, 0.6) is 0 Å². The van der Waals surface area contributed by atoms with Crippen LogP contribution in [0.25, 0.3) is 0 Å². The molecule has 5 heteroatoms. The van der Waals surface area contributed by atoms with Gasteiger partial charge in [-0.25, -0.2) is 0 Å². The van der Waals surface area contributed by atoms with Gasteiger partial charge >= 0.3 is 0 Å². The molecule has 1 aliphatic heterocycles. The van der Waals surface area contributed by atoms with E-state index >= 15 is 0 Å². The third kappa shape index (κ3) is 5.97. The van der Waals surface area contributed by atoms with Gasteiger partial charge in [-0.1, -0.05) is 90.6 Å². The molecule has 3 aromatic rings. The molecule has 162 valence electrons. The number of aliphatic hydroxyl groups is 1. The topological polar surface area (TPSA) is 47.9 Å². The van der Waals surface area contributed by atoms with E-state index in [9.17, 15) is 5.11 Å². The molecule has 0 saturated carbocycles. The maximum absolute atomic E-state index is 10.9. The molecule has 1 heterocycles. The quantitative estimate of drug-likeness (QED) is 0.535. The second-order valence-corrected chi connectivity index (χ2v) is 8.83. The summed E-state index contributed by atoms with van der Waals surface area (Å²) in [5.74, 6) is 0. The second-order valence-electron chi connectivity index (χ2n) is 7.65. The van der Waals surface area contributed by atoms with Gasteiger partial charge in [0.25, 0.3) is 0 Å². The number of rotatable bonds is 8. The number of hydrogen-bond donors (Lipinski definition) is 1. The molecular formula is C26H28O4S. The molecule has 4 rings (SSSR count). The highest BCUT2D eigenvalue weighted by molar-refractivity contribution is 7.99. The van der Waals surface area contributed by atoms with Crippen LogP contribution in [-0.2, 0) is 27.4 Å². The zero-order chi connectivity index (χ0) is 21.5. The van der Waals surface area contributed by atoms with Crippen molar-refractivity contribution >= 4 is 11.8 Å². The molecular weight excluding hydrogens is 408 g/mol. The minimum absolute atomic E-state index is 0.301. The smallest absolute Gasteiger partial charge is 0.136 e. The molecule has 0 unspecified atom stereocenters. The summed E-state index contributed by atoms with van der Waals surface area (Å²) in [6, 6.07) is 30.1. The molecule has 0 bridgehead atoms. The van der Waals surface area contributed by atoms with Crippen LogP contribution in [0.15, 0.2) is 95.9 Å². The third-order valence-corrected chi connectivity index (χ3v) is 6.48. The first-order valence-corrected chi connectivity index (χ1v) is 11.4. The number of benzene rings is 3. The van der Waals surface area contributed by atoms with Crippen molar-refractivity contribution in [2.24, 2.45) is 0 Å². The number of aliphatic hydroxyl groups excluding tert-OH is 1. The minimum atomic E-state index is -0.780. The molecule has 0 amide bonds. The molecule has 1 saturated heterocycles. The lowest BCUT2D eigenvalue weighted by Crippen LogP contribution is -2.57. The number of thioether (sulfide) groups is 1. The van der Waals surface area contributed by atoms with E-state index in [1.807, 2.05) is 85.8 Å². The fraction of sp³-hybridized carbons (Fsp3) is 0.308. The average molecular weight is 437 g/mol. The van der Waals surface area contributed by atoms with E-state index < -0.39 is 18.3 Å². The highest BCUT2D eigenvalue weighted by atomic mass is 32.2. The lowest BCUT2D eigenvalue weighted by Gasteiger charge is -2.43. The summed E-state index contributed by atoms with van der Waals surface area (Å²) in [6.45, 7) is 2.71. The first-order valence-electron chi connectivity index (χ1n) is 10.6. The van der Waals surface area contributed by atoms with Crippen molar-refractivity contribution in [2.75, 3.05) is 0 Å². The van der Waals surface area contributed by atoms with Crippen LogP contribution in [0.4, 0.5) is 0 Å². The van der Waals surface area contributed by atoms with Gasteiger partial charge in [0, 0.05) is 4.90 Å². The molecule has 5 atom stereocenters. The summed E-state index contributed by atoms with van der Waals surface area (Å²) < 4.78 is 18.8. The summed E-state index contributed by atoms with van der Waals surface area (Å²) in [5, 5.41) is 10.9. The summed E-state index contributed by atoms with van der Waals surface area (Å²) >= 11 is 1.60. The molecule has 1 fully saturated rings. The SMILES string of the molecule is C[C@@H]1O[C@H](Sc2ccccc2)[C@@H](OCc2ccccc2)[C@H](OCc2ccccc2)[C@@H]1O. The standard InChI is InChI=1S/C26H28O4S/c1-19-23(27)24(28-17-20-11-5-2-6-12-20)25(29-18-21-13-7-3-8-14-21)26(30-19)31-22-15-9-4-10-16-22/h2-16,19,23-27H,17-18H2,1H3/t19-,23+,24+,25-,26+/m0/s1. The van der Waals surface area contributed by atoms with Crippen molar-refractivity contribution in [3.63, 3.8) is 0 Å². The number of ether oxygens (including phenoxy) is 3. The highest BCUT2D eigenvalue weighted by Crippen LogP contribution is 2.36. The van der Waals surface area contributed by atoms with Crippen LogP contribution in [-0.4, -0.2) is 35.0 Å². The Kier molecular flexibility index (Phi) is 7.78. The Labute approximate surface area is 188 Å². The van der Waals surface area contributed by atoms with Crippen LogP contribution in [0.3, 0.4) is 0 Å². The van der Waals surface area contributed by atoms with Gasteiger partial charge in [0.2, 0.25) is 0 Å². The molecule has 0 aliphatic carbocycles. The Hall–Kier alpha value is -2.15. The summed E-state index contributed by atoms with van der Waals surface area (Å²) in [6.07, 6.45) is -2.08. The maximum atomic E-state index is 10.9. The van der Waals surface area contributed by atoms with Crippen LogP contribution in [0.2, 0.25) is 0 Å². The largest absolute Gasteiger partial charge is 0.388 e. The molecule has 3 aromatic carbocycles. The zero-order valence-electron chi connectivity index (χ0n) is 17.5. The highest BCUT2D eigenvalue weighted by Gasteiger charge is 2.45. The normalized spacial score (nSPS) is 25.9. The third-order valence-electron chi connectivity index (χ3n) is 5.32. The summed E-state index contributed by atoms with van der Waals surface area (Å²) in [7, 11) is 0. The van der Waals surface area contributed by atoms with Crippen molar-refractivity contribution in [1.29, 1.82) is 0 Å². The van der Waals surface area contributed by atoms with Gasteiger partial charge in [-0.05, 0) is 30.2 Å².